The number of amides is 1. The highest BCUT2D eigenvalue weighted by Gasteiger charge is 2.19. The average Bonchev–Trinajstić information content (AvgIpc) is 2.62. The number of methoxy groups -OCH3 is 1. The zero-order chi connectivity index (χ0) is 17.5. The molecule has 6 heteroatoms. The summed E-state index contributed by atoms with van der Waals surface area (Å²) in [5, 5.41) is 0.622. The number of carbonyl (C=O) groups excluding carboxylic acids is 2. The molecule has 126 valence electrons. The first-order chi connectivity index (χ1) is 11.5. The molecule has 0 heterocycles. The molecule has 0 saturated carbocycles. The first-order valence-corrected chi connectivity index (χ1v) is 8.88. The van der Waals surface area contributed by atoms with E-state index in [1.54, 1.807) is 36.0 Å². The van der Waals surface area contributed by atoms with Gasteiger partial charge in [0.1, 0.15) is 6.54 Å². The molecular weight excluding hydrogens is 346 g/mol. The first-order valence-electron chi connectivity index (χ1n) is 7.28. The summed E-state index contributed by atoms with van der Waals surface area (Å²) in [7, 11) is 1.31. The van der Waals surface area contributed by atoms with Crippen LogP contribution in [-0.2, 0) is 16.1 Å². The largest absolute Gasteiger partial charge is 0.468 e. The van der Waals surface area contributed by atoms with E-state index in [4.69, 9.17) is 16.3 Å². The Morgan fingerprint density at radius 2 is 1.71 bits per heavy atom. The fourth-order valence-corrected chi connectivity index (χ4v) is 2.68. The Labute approximate surface area is 150 Å². The summed E-state index contributed by atoms with van der Waals surface area (Å²) in [4.78, 5) is 26.9. The van der Waals surface area contributed by atoms with Gasteiger partial charge in [-0.05, 0) is 48.2 Å². The smallest absolute Gasteiger partial charge is 0.325 e. The van der Waals surface area contributed by atoms with Crippen molar-refractivity contribution in [1.29, 1.82) is 0 Å². The van der Waals surface area contributed by atoms with E-state index in [2.05, 4.69) is 0 Å². The van der Waals surface area contributed by atoms with Gasteiger partial charge in [0, 0.05) is 22.0 Å². The average molecular weight is 364 g/mol. The Morgan fingerprint density at radius 3 is 2.25 bits per heavy atom. The summed E-state index contributed by atoms with van der Waals surface area (Å²) in [6.45, 7) is 0.192. The molecule has 2 aromatic rings. The molecule has 0 aliphatic rings. The molecule has 0 fully saturated rings. The van der Waals surface area contributed by atoms with E-state index >= 15 is 0 Å². The van der Waals surface area contributed by atoms with Gasteiger partial charge >= 0.3 is 5.97 Å². The summed E-state index contributed by atoms with van der Waals surface area (Å²) < 4.78 is 4.70. The third kappa shape index (κ3) is 5.01. The normalized spacial score (nSPS) is 10.3. The zero-order valence-electron chi connectivity index (χ0n) is 13.5. The van der Waals surface area contributed by atoms with Crippen LogP contribution in [0.15, 0.2) is 53.4 Å². The summed E-state index contributed by atoms with van der Waals surface area (Å²) in [6, 6.07) is 14.5. The Kier molecular flexibility index (Phi) is 6.70. The molecule has 0 bridgehead atoms. The monoisotopic (exact) mass is 363 g/mol. The predicted molar refractivity (Wildman–Crippen MR) is 96.4 cm³/mol. The van der Waals surface area contributed by atoms with Crippen LogP contribution in [0.5, 0.6) is 0 Å². The number of hydrogen-bond acceptors (Lipinski definition) is 4. The number of esters is 1. The van der Waals surface area contributed by atoms with Crippen LogP contribution in [0.1, 0.15) is 15.9 Å². The van der Waals surface area contributed by atoms with Crippen LogP contribution < -0.4 is 0 Å². The van der Waals surface area contributed by atoms with E-state index in [1.165, 1.54) is 12.0 Å². The molecule has 4 nitrogen and oxygen atoms in total. The SMILES string of the molecule is COC(=O)CN(Cc1ccc(Cl)cc1)C(=O)c1ccc(SC)cc1. The first kappa shape index (κ1) is 18.4. The second-order valence-electron chi connectivity index (χ2n) is 5.09. The third-order valence-corrected chi connectivity index (χ3v) is 4.45. The van der Waals surface area contributed by atoms with Crippen LogP contribution in [-0.4, -0.2) is 36.7 Å². The molecule has 0 aliphatic carbocycles. The minimum Gasteiger partial charge on any atom is -0.468 e. The second-order valence-corrected chi connectivity index (χ2v) is 6.41. The lowest BCUT2D eigenvalue weighted by Gasteiger charge is -2.22. The van der Waals surface area contributed by atoms with Crippen LogP contribution in [0.3, 0.4) is 0 Å². The highest BCUT2D eigenvalue weighted by molar-refractivity contribution is 7.98. The van der Waals surface area contributed by atoms with E-state index in [0.29, 0.717) is 17.1 Å². The maximum Gasteiger partial charge on any atom is 0.325 e. The number of ether oxygens (including phenoxy) is 1. The van der Waals surface area contributed by atoms with Crippen molar-refractivity contribution >= 4 is 35.2 Å². The fourth-order valence-electron chi connectivity index (χ4n) is 2.15. The van der Waals surface area contributed by atoms with E-state index in [1.807, 2.05) is 30.5 Å². The molecular formula is C18H18ClNO3S. The van der Waals surface area contributed by atoms with Gasteiger partial charge in [-0.15, -0.1) is 11.8 Å². The number of hydrogen-bond donors (Lipinski definition) is 0. The van der Waals surface area contributed by atoms with E-state index in [9.17, 15) is 9.59 Å². The molecule has 0 aliphatic heterocycles. The van der Waals surface area contributed by atoms with Crippen molar-refractivity contribution < 1.29 is 14.3 Å². The zero-order valence-corrected chi connectivity index (χ0v) is 15.1. The molecule has 0 radical (unpaired) electrons. The summed E-state index contributed by atoms with van der Waals surface area (Å²) >= 11 is 7.49. The fraction of sp³-hybridized carbons (Fsp3) is 0.222. The Morgan fingerprint density at radius 1 is 1.08 bits per heavy atom. The van der Waals surface area contributed by atoms with Crippen LogP contribution in [0.25, 0.3) is 0 Å². The summed E-state index contributed by atoms with van der Waals surface area (Å²) in [5.41, 5.74) is 1.42. The number of thioether (sulfide) groups is 1. The molecule has 0 atom stereocenters. The number of carbonyl (C=O) groups is 2. The van der Waals surface area contributed by atoms with Gasteiger partial charge < -0.3 is 9.64 Å². The molecule has 2 rings (SSSR count). The van der Waals surface area contributed by atoms with Crippen molar-refractivity contribution in [3.63, 3.8) is 0 Å². The number of nitrogens with zero attached hydrogens (tertiary/aromatic N) is 1. The Bertz CT molecular complexity index is 701. The molecule has 0 unspecified atom stereocenters. The van der Waals surface area contributed by atoms with Crippen LogP contribution >= 0.6 is 23.4 Å². The minimum atomic E-state index is -0.460. The Hall–Kier alpha value is -1.98. The molecule has 1 amide bonds. The Balaban J connectivity index is 2.21. The van der Waals surface area contributed by atoms with Crippen molar-refractivity contribution in [1.82, 2.24) is 4.90 Å². The highest BCUT2D eigenvalue weighted by atomic mass is 35.5. The van der Waals surface area contributed by atoms with Gasteiger partial charge in [0.2, 0.25) is 0 Å². The molecule has 0 aromatic heterocycles. The van der Waals surface area contributed by atoms with Gasteiger partial charge in [-0.1, -0.05) is 23.7 Å². The van der Waals surface area contributed by atoms with Crippen molar-refractivity contribution in [2.75, 3.05) is 19.9 Å². The quantitative estimate of drug-likeness (QED) is 0.577. The van der Waals surface area contributed by atoms with Crippen molar-refractivity contribution in [2.24, 2.45) is 0 Å². The van der Waals surface area contributed by atoms with Crippen molar-refractivity contribution in [3.05, 3.63) is 64.7 Å². The lowest BCUT2D eigenvalue weighted by Crippen LogP contribution is -2.35. The molecule has 0 N–H and O–H groups in total. The maximum absolute atomic E-state index is 12.8. The van der Waals surface area contributed by atoms with E-state index < -0.39 is 5.97 Å². The standard InChI is InChI=1S/C18H18ClNO3S/c1-23-17(21)12-20(11-13-3-7-15(19)8-4-13)18(22)14-5-9-16(24-2)10-6-14/h3-10H,11-12H2,1-2H3. The molecule has 0 saturated heterocycles. The van der Waals surface area contributed by atoms with E-state index in [0.717, 1.165) is 10.5 Å². The third-order valence-electron chi connectivity index (χ3n) is 3.46. The van der Waals surface area contributed by atoms with Gasteiger partial charge in [-0.3, -0.25) is 9.59 Å². The number of rotatable bonds is 6. The van der Waals surface area contributed by atoms with Crippen molar-refractivity contribution in [3.8, 4) is 0 Å². The van der Waals surface area contributed by atoms with Gasteiger partial charge in [0.15, 0.2) is 0 Å². The van der Waals surface area contributed by atoms with Crippen LogP contribution in [0, 0.1) is 0 Å². The van der Waals surface area contributed by atoms with Gasteiger partial charge in [0.05, 0.1) is 7.11 Å². The van der Waals surface area contributed by atoms with Gasteiger partial charge in [-0.25, -0.2) is 0 Å². The molecule has 2 aromatic carbocycles. The van der Waals surface area contributed by atoms with Crippen LogP contribution in [0.2, 0.25) is 5.02 Å². The maximum atomic E-state index is 12.8. The van der Waals surface area contributed by atoms with Crippen LogP contribution in [0.4, 0.5) is 0 Å². The highest BCUT2D eigenvalue weighted by Crippen LogP contribution is 2.17. The lowest BCUT2D eigenvalue weighted by molar-refractivity contribution is -0.141. The summed E-state index contributed by atoms with van der Waals surface area (Å²) in [6.07, 6.45) is 1.97. The van der Waals surface area contributed by atoms with Crippen molar-refractivity contribution in [2.45, 2.75) is 11.4 Å². The molecule has 0 spiro atoms. The second kappa shape index (κ2) is 8.76. The minimum absolute atomic E-state index is 0.109. The van der Waals surface area contributed by atoms with Gasteiger partial charge in [-0.2, -0.15) is 0 Å². The lowest BCUT2D eigenvalue weighted by atomic mass is 10.1. The number of halogens is 1. The predicted octanol–water partition coefficient (Wildman–Crippen LogP) is 3.88. The number of benzene rings is 2. The van der Waals surface area contributed by atoms with Gasteiger partial charge in [0.25, 0.3) is 5.91 Å². The summed E-state index contributed by atoms with van der Waals surface area (Å²) in [5.74, 6) is -0.680. The van der Waals surface area contributed by atoms with E-state index in [-0.39, 0.29) is 12.5 Å². The molecule has 24 heavy (non-hydrogen) atoms. The topological polar surface area (TPSA) is 46.6 Å².